The number of rotatable bonds is 4. The van der Waals surface area contributed by atoms with Gasteiger partial charge in [0.05, 0.1) is 13.2 Å². The van der Waals surface area contributed by atoms with Gasteiger partial charge in [0.15, 0.2) is 0 Å². The van der Waals surface area contributed by atoms with Crippen LogP contribution in [0.3, 0.4) is 0 Å². The van der Waals surface area contributed by atoms with Crippen LogP contribution in [0.2, 0.25) is 5.02 Å². The lowest BCUT2D eigenvalue weighted by Gasteiger charge is -2.33. The first-order chi connectivity index (χ1) is 14.5. The number of carbonyl (C=O) groups is 2. The Balaban J connectivity index is 0.000000225. The van der Waals surface area contributed by atoms with Crippen LogP contribution in [-0.4, -0.2) is 36.0 Å². The Kier molecular flexibility index (Phi) is 8.16. The number of benzene rings is 2. The standard InChI is InChI=1S/C13H16O4.C10H12ClNO2/c1-13(2)7-6-8-10(17-13)5-4-9(12(14)15)11(8)16-3;1-7(2)14-10(13)12-9-5-3-4-8(11)6-9/h4-5H,6-7H2,1-3H3,(H,14,15);3-7H,1-2H3,(H,12,13). The second-order valence-corrected chi connectivity index (χ2v) is 8.32. The number of hydrogen-bond acceptors (Lipinski definition) is 5. The smallest absolute Gasteiger partial charge is 0.411 e. The van der Waals surface area contributed by atoms with E-state index in [9.17, 15) is 9.59 Å². The van der Waals surface area contributed by atoms with E-state index in [2.05, 4.69) is 5.32 Å². The molecule has 0 unspecified atom stereocenters. The first-order valence-electron chi connectivity index (χ1n) is 9.88. The molecule has 2 aromatic carbocycles. The van der Waals surface area contributed by atoms with Gasteiger partial charge in [0.2, 0.25) is 0 Å². The van der Waals surface area contributed by atoms with E-state index in [-0.39, 0.29) is 17.3 Å². The molecular weight excluding hydrogens is 422 g/mol. The molecule has 0 aromatic heterocycles. The fraction of sp³-hybridized carbons (Fsp3) is 0.391. The molecule has 1 amide bonds. The number of carbonyl (C=O) groups excluding carboxylic acids is 1. The normalized spacial score (nSPS) is 13.8. The molecule has 0 spiro atoms. The minimum Gasteiger partial charge on any atom is -0.495 e. The highest BCUT2D eigenvalue weighted by molar-refractivity contribution is 6.30. The van der Waals surface area contributed by atoms with Gasteiger partial charge in [-0.2, -0.15) is 0 Å². The molecule has 0 bridgehead atoms. The first kappa shape index (κ1) is 24.3. The predicted molar refractivity (Wildman–Crippen MR) is 120 cm³/mol. The lowest BCUT2D eigenvalue weighted by Crippen LogP contribution is -2.32. The van der Waals surface area contributed by atoms with Gasteiger partial charge in [-0.05, 0) is 70.9 Å². The molecule has 31 heavy (non-hydrogen) atoms. The third-order valence-electron chi connectivity index (χ3n) is 4.43. The summed E-state index contributed by atoms with van der Waals surface area (Å²) in [5.74, 6) is 0.170. The lowest BCUT2D eigenvalue weighted by molar-refractivity contribution is 0.0690. The van der Waals surface area contributed by atoms with E-state index in [0.29, 0.717) is 16.5 Å². The maximum Gasteiger partial charge on any atom is 0.411 e. The summed E-state index contributed by atoms with van der Waals surface area (Å²) < 4.78 is 15.9. The summed E-state index contributed by atoms with van der Waals surface area (Å²) in [5, 5.41) is 12.2. The number of hydrogen-bond donors (Lipinski definition) is 2. The van der Waals surface area contributed by atoms with Crippen LogP contribution in [0.4, 0.5) is 10.5 Å². The molecule has 8 heteroatoms. The van der Waals surface area contributed by atoms with Crippen molar-refractivity contribution in [3.8, 4) is 11.5 Å². The molecule has 2 aromatic rings. The van der Waals surface area contributed by atoms with Crippen molar-refractivity contribution in [2.24, 2.45) is 0 Å². The van der Waals surface area contributed by atoms with Gasteiger partial charge in [0.25, 0.3) is 0 Å². The molecular formula is C23H28ClNO6. The highest BCUT2D eigenvalue weighted by Crippen LogP contribution is 2.40. The van der Waals surface area contributed by atoms with Crippen LogP contribution in [0.25, 0.3) is 0 Å². The van der Waals surface area contributed by atoms with Crippen molar-refractivity contribution in [2.75, 3.05) is 12.4 Å². The van der Waals surface area contributed by atoms with Crippen molar-refractivity contribution >= 4 is 29.4 Å². The SMILES string of the molecule is CC(C)OC(=O)Nc1cccc(Cl)c1.COc1c(C(=O)O)ccc2c1CCC(C)(C)O2. The van der Waals surface area contributed by atoms with Gasteiger partial charge >= 0.3 is 12.1 Å². The minimum absolute atomic E-state index is 0.130. The number of halogens is 1. The molecule has 0 saturated heterocycles. The van der Waals surface area contributed by atoms with Crippen LogP contribution >= 0.6 is 11.6 Å². The van der Waals surface area contributed by atoms with E-state index in [0.717, 1.165) is 24.2 Å². The number of nitrogens with one attached hydrogen (secondary N) is 1. The molecule has 0 aliphatic carbocycles. The summed E-state index contributed by atoms with van der Waals surface area (Å²) in [6, 6.07) is 10.1. The van der Waals surface area contributed by atoms with E-state index >= 15 is 0 Å². The molecule has 168 valence electrons. The fourth-order valence-corrected chi connectivity index (χ4v) is 3.24. The Morgan fingerprint density at radius 3 is 2.52 bits per heavy atom. The average Bonchev–Trinajstić information content (AvgIpc) is 2.65. The molecule has 7 nitrogen and oxygen atoms in total. The highest BCUT2D eigenvalue weighted by atomic mass is 35.5. The zero-order chi connectivity index (χ0) is 23.2. The van der Waals surface area contributed by atoms with Crippen LogP contribution in [0.5, 0.6) is 11.5 Å². The Morgan fingerprint density at radius 1 is 1.23 bits per heavy atom. The Bertz CT molecular complexity index is 942. The van der Waals surface area contributed by atoms with Gasteiger partial charge < -0.3 is 19.3 Å². The van der Waals surface area contributed by atoms with Crippen molar-refractivity contribution in [1.82, 2.24) is 0 Å². The summed E-state index contributed by atoms with van der Waals surface area (Å²) in [6.45, 7) is 7.62. The van der Waals surface area contributed by atoms with Crippen LogP contribution in [0.1, 0.15) is 50.0 Å². The van der Waals surface area contributed by atoms with E-state index in [4.69, 9.17) is 30.9 Å². The maximum absolute atomic E-state index is 11.2. The maximum atomic E-state index is 11.2. The Hall–Kier alpha value is -2.93. The second kappa shape index (κ2) is 10.4. The average molecular weight is 450 g/mol. The number of anilines is 1. The molecule has 1 aliphatic rings. The molecule has 3 rings (SSSR count). The minimum atomic E-state index is -0.977. The van der Waals surface area contributed by atoms with Gasteiger partial charge in [0, 0.05) is 16.3 Å². The van der Waals surface area contributed by atoms with Gasteiger partial charge in [0.1, 0.15) is 22.7 Å². The van der Waals surface area contributed by atoms with E-state index in [1.807, 2.05) is 13.8 Å². The fourth-order valence-electron chi connectivity index (χ4n) is 3.05. The molecule has 0 saturated carbocycles. The second-order valence-electron chi connectivity index (χ2n) is 7.88. The lowest BCUT2D eigenvalue weighted by atomic mass is 9.92. The Labute approximate surface area is 187 Å². The third-order valence-corrected chi connectivity index (χ3v) is 4.66. The predicted octanol–water partition coefficient (Wildman–Crippen LogP) is 5.79. The van der Waals surface area contributed by atoms with Crippen LogP contribution in [-0.2, 0) is 11.2 Å². The van der Waals surface area contributed by atoms with E-state index in [1.165, 1.54) is 13.2 Å². The van der Waals surface area contributed by atoms with Crippen molar-refractivity contribution in [3.63, 3.8) is 0 Å². The summed E-state index contributed by atoms with van der Waals surface area (Å²) in [5.41, 5.74) is 1.47. The topological polar surface area (TPSA) is 94.1 Å². The number of aromatic carboxylic acids is 1. The van der Waals surface area contributed by atoms with Crippen molar-refractivity contribution in [1.29, 1.82) is 0 Å². The number of amides is 1. The number of carboxylic acids is 1. The van der Waals surface area contributed by atoms with Crippen LogP contribution in [0.15, 0.2) is 36.4 Å². The molecule has 1 heterocycles. The summed E-state index contributed by atoms with van der Waals surface area (Å²) in [4.78, 5) is 22.2. The summed E-state index contributed by atoms with van der Waals surface area (Å²) in [6.07, 6.45) is 1.02. The number of carboxylic acid groups (broad SMARTS) is 1. The molecule has 0 radical (unpaired) electrons. The third kappa shape index (κ3) is 7.07. The van der Waals surface area contributed by atoms with Gasteiger partial charge in [-0.15, -0.1) is 0 Å². The highest BCUT2D eigenvalue weighted by Gasteiger charge is 2.30. The monoisotopic (exact) mass is 449 g/mol. The summed E-state index contributed by atoms with van der Waals surface area (Å²) >= 11 is 5.74. The van der Waals surface area contributed by atoms with Gasteiger partial charge in [-0.1, -0.05) is 17.7 Å². The molecule has 0 fully saturated rings. The van der Waals surface area contributed by atoms with Gasteiger partial charge in [-0.25, -0.2) is 9.59 Å². The zero-order valence-corrected chi connectivity index (χ0v) is 19.1. The molecule has 2 N–H and O–H groups in total. The van der Waals surface area contributed by atoms with Crippen molar-refractivity contribution < 1.29 is 28.9 Å². The quantitative estimate of drug-likeness (QED) is 0.613. The van der Waals surface area contributed by atoms with Crippen LogP contribution in [0, 0.1) is 0 Å². The van der Waals surface area contributed by atoms with E-state index in [1.54, 1.807) is 44.2 Å². The Morgan fingerprint density at radius 2 is 1.94 bits per heavy atom. The number of ether oxygens (including phenoxy) is 3. The van der Waals surface area contributed by atoms with Gasteiger partial charge in [-0.3, -0.25) is 5.32 Å². The summed E-state index contributed by atoms with van der Waals surface area (Å²) in [7, 11) is 1.49. The zero-order valence-electron chi connectivity index (χ0n) is 18.3. The molecule has 1 aliphatic heterocycles. The first-order valence-corrected chi connectivity index (χ1v) is 10.3. The molecule has 0 atom stereocenters. The van der Waals surface area contributed by atoms with Crippen molar-refractivity contribution in [3.05, 3.63) is 52.5 Å². The van der Waals surface area contributed by atoms with Crippen molar-refractivity contribution in [2.45, 2.75) is 52.2 Å². The van der Waals surface area contributed by atoms with Crippen LogP contribution < -0.4 is 14.8 Å². The number of fused-ring (bicyclic) bond motifs is 1. The largest absolute Gasteiger partial charge is 0.495 e. The van der Waals surface area contributed by atoms with E-state index < -0.39 is 12.1 Å². The number of methoxy groups -OCH3 is 1.